The van der Waals surface area contributed by atoms with Crippen LogP contribution in [0.1, 0.15) is 46.7 Å². The van der Waals surface area contributed by atoms with Crippen molar-refractivity contribution in [3.8, 4) is 17.2 Å². The van der Waals surface area contributed by atoms with Crippen LogP contribution in [0.5, 0.6) is 17.2 Å². The first kappa shape index (κ1) is 29.1. The Labute approximate surface area is 245 Å². The summed E-state index contributed by atoms with van der Waals surface area (Å²) in [6, 6.07) is 17.4. The van der Waals surface area contributed by atoms with Crippen molar-refractivity contribution in [1.82, 2.24) is 20.1 Å². The highest BCUT2D eigenvalue weighted by Gasteiger charge is 2.34. The topological polar surface area (TPSA) is 110 Å². The molecule has 0 unspecified atom stereocenters. The molecule has 1 fully saturated rings. The molecular weight excluding hydrogens is 536 g/mol. The summed E-state index contributed by atoms with van der Waals surface area (Å²) in [5, 5.41) is 3.05. The van der Waals surface area contributed by atoms with Gasteiger partial charge in [0.1, 0.15) is 22.9 Å². The maximum Gasteiger partial charge on any atom is 0.272 e. The Morgan fingerprint density at radius 1 is 1.10 bits per heavy atom. The molecule has 0 aliphatic carbocycles. The van der Waals surface area contributed by atoms with Crippen molar-refractivity contribution in [3.05, 3.63) is 83.7 Å². The summed E-state index contributed by atoms with van der Waals surface area (Å²) >= 11 is 0. The van der Waals surface area contributed by atoms with Crippen LogP contribution in [0.4, 0.5) is 0 Å². The predicted octanol–water partition coefficient (Wildman–Crippen LogP) is 3.91. The van der Waals surface area contributed by atoms with Gasteiger partial charge < -0.3 is 29.3 Å². The quantitative estimate of drug-likeness (QED) is 0.505. The molecule has 2 aliphatic heterocycles. The second-order valence-corrected chi connectivity index (χ2v) is 11.1. The molecule has 2 aromatic carbocycles. The molecule has 1 N–H and O–H groups in total. The number of carbonyl (C=O) groups is 3. The van der Waals surface area contributed by atoms with Crippen LogP contribution in [-0.4, -0.2) is 77.9 Å². The molecule has 3 amide bonds. The molecule has 4 bridgehead atoms. The smallest absolute Gasteiger partial charge is 0.272 e. The van der Waals surface area contributed by atoms with E-state index in [0.29, 0.717) is 54.0 Å². The zero-order valence-electron chi connectivity index (χ0n) is 24.1. The molecule has 0 spiro atoms. The SMILES string of the molecule is CC(C)COc1cc2cc(c1)C(=O)N(C)CC(=O)N[C@H]1CCN(C(=O)c3ccccn3)C[C@@H]1OCc1cccc(c1)O2. The van der Waals surface area contributed by atoms with Gasteiger partial charge in [-0.05, 0) is 54.3 Å². The lowest BCUT2D eigenvalue weighted by atomic mass is 10.0. The summed E-state index contributed by atoms with van der Waals surface area (Å²) < 4.78 is 18.4. The van der Waals surface area contributed by atoms with Crippen molar-refractivity contribution < 1.29 is 28.6 Å². The van der Waals surface area contributed by atoms with Crippen LogP contribution in [0.3, 0.4) is 0 Å². The normalized spacial score (nSPS) is 19.5. The van der Waals surface area contributed by atoms with Gasteiger partial charge in [0.05, 0.1) is 31.9 Å². The van der Waals surface area contributed by atoms with E-state index < -0.39 is 6.10 Å². The summed E-state index contributed by atoms with van der Waals surface area (Å²) in [6.45, 7) is 5.40. The average Bonchev–Trinajstić information content (AvgIpc) is 2.98. The zero-order valence-corrected chi connectivity index (χ0v) is 24.1. The summed E-state index contributed by atoms with van der Waals surface area (Å²) in [6.07, 6.45) is 1.61. The number of ether oxygens (including phenoxy) is 3. The maximum atomic E-state index is 13.4. The maximum absolute atomic E-state index is 13.4. The minimum atomic E-state index is -0.470. The van der Waals surface area contributed by atoms with Gasteiger partial charge in [0.15, 0.2) is 0 Å². The van der Waals surface area contributed by atoms with Crippen molar-refractivity contribution in [1.29, 1.82) is 0 Å². The van der Waals surface area contributed by atoms with E-state index in [1.807, 2.05) is 38.1 Å². The monoisotopic (exact) mass is 572 g/mol. The van der Waals surface area contributed by atoms with E-state index in [-0.39, 0.29) is 43.5 Å². The van der Waals surface area contributed by atoms with Crippen LogP contribution in [0.25, 0.3) is 0 Å². The summed E-state index contributed by atoms with van der Waals surface area (Å²) in [4.78, 5) is 46.9. The van der Waals surface area contributed by atoms with Gasteiger partial charge in [0.2, 0.25) is 5.91 Å². The Balaban J connectivity index is 1.42. The van der Waals surface area contributed by atoms with E-state index in [0.717, 1.165) is 5.56 Å². The molecule has 10 heteroatoms. The van der Waals surface area contributed by atoms with Gasteiger partial charge in [-0.2, -0.15) is 0 Å². The minimum Gasteiger partial charge on any atom is -0.493 e. The molecule has 2 aliphatic rings. The summed E-state index contributed by atoms with van der Waals surface area (Å²) in [5.74, 6) is 0.995. The van der Waals surface area contributed by atoms with Crippen molar-refractivity contribution >= 4 is 17.7 Å². The molecule has 0 saturated carbocycles. The lowest BCUT2D eigenvalue weighted by molar-refractivity contribution is -0.124. The lowest BCUT2D eigenvalue weighted by Crippen LogP contribution is -2.57. The third-order valence-corrected chi connectivity index (χ3v) is 7.11. The van der Waals surface area contributed by atoms with Gasteiger partial charge in [-0.15, -0.1) is 0 Å². The number of pyridine rings is 1. The Morgan fingerprint density at radius 2 is 1.95 bits per heavy atom. The highest BCUT2D eigenvalue weighted by molar-refractivity contribution is 5.97. The van der Waals surface area contributed by atoms with Crippen molar-refractivity contribution in [2.24, 2.45) is 5.92 Å². The van der Waals surface area contributed by atoms with Crippen LogP contribution >= 0.6 is 0 Å². The van der Waals surface area contributed by atoms with Gasteiger partial charge >= 0.3 is 0 Å². The number of benzene rings is 2. The molecule has 42 heavy (non-hydrogen) atoms. The largest absolute Gasteiger partial charge is 0.493 e. The molecule has 0 radical (unpaired) electrons. The highest BCUT2D eigenvalue weighted by atomic mass is 16.5. The number of aromatic nitrogens is 1. The fourth-order valence-corrected chi connectivity index (χ4v) is 4.98. The second kappa shape index (κ2) is 13.0. The molecule has 1 aromatic heterocycles. The Morgan fingerprint density at radius 3 is 2.74 bits per heavy atom. The van der Waals surface area contributed by atoms with Gasteiger partial charge in [-0.3, -0.25) is 19.4 Å². The molecule has 1 saturated heterocycles. The fraction of sp³-hybridized carbons (Fsp3) is 0.375. The van der Waals surface area contributed by atoms with E-state index in [4.69, 9.17) is 14.2 Å². The number of likely N-dealkylation sites (tertiary alicyclic amines) is 1. The number of rotatable bonds is 4. The number of hydrogen-bond acceptors (Lipinski definition) is 7. The number of piperidine rings is 1. The van der Waals surface area contributed by atoms with Crippen LogP contribution in [0.15, 0.2) is 66.9 Å². The van der Waals surface area contributed by atoms with E-state index in [9.17, 15) is 14.4 Å². The molecule has 2 atom stereocenters. The van der Waals surface area contributed by atoms with Gasteiger partial charge in [-0.25, -0.2) is 0 Å². The number of nitrogens with one attached hydrogen (secondary N) is 1. The Hall–Kier alpha value is -4.44. The number of carbonyl (C=O) groups excluding carboxylic acids is 3. The number of amides is 3. The second-order valence-electron chi connectivity index (χ2n) is 11.1. The van der Waals surface area contributed by atoms with Crippen molar-refractivity contribution in [3.63, 3.8) is 0 Å². The molecule has 3 heterocycles. The molecule has 10 nitrogen and oxygen atoms in total. The lowest BCUT2D eigenvalue weighted by Gasteiger charge is -2.38. The molecular formula is C32H36N4O6. The highest BCUT2D eigenvalue weighted by Crippen LogP contribution is 2.29. The van der Waals surface area contributed by atoms with E-state index in [2.05, 4.69) is 10.3 Å². The predicted molar refractivity (Wildman–Crippen MR) is 156 cm³/mol. The van der Waals surface area contributed by atoms with Crippen molar-refractivity contribution in [2.45, 2.75) is 39.0 Å². The Bertz CT molecular complexity index is 1430. The summed E-state index contributed by atoms with van der Waals surface area (Å²) in [5.41, 5.74) is 1.58. The number of likely N-dealkylation sites (N-methyl/N-ethyl adjacent to an activating group) is 1. The van der Waals surface area contributed by atoms with Crippen LogP contribution in [0.2, 0.25) is 0 Å². The van der Waals surface area contributed by atoms with Gasteiger partial charge in [-0.1, -0.05) is 32.0 Å². The van der Waals surface area contributed by atoms with Gasteiger partial charge in [0, 0.05) is 38.0 Å². The number of fused-ring (bicyclic) bond motifs is 5. The van der Waals surface area contributed by atoms with Crippen LogP contribution < -0.4 is 14.8 Å². The van der Waals surface area contributed by atoms with E-state index in [1.165, 1.54) is 4.90 Å². The zero-order chi connectivity index (χ0) is 29.6. The van der Waals surface area contributed by atoms with Crippen LogP contribution in [0, 0.1) is 5.92 Å². The molecule has 5 rings (SSSR count). The van der Waals surface area contributed by atoms with Gasteiger partial charge in [0.25, 0.3) is 11.8 Å². The Kier molecular flexibility index (Phi) is 9.02. The first-order valence-corrected chi connectivity index (χ1v) is 14.2. The standard InChI is InChI=1S/C32H36N4O6/c1-21(2)19-40-25-14-23-15-26(16-25)42-24-8-6-7-22(13-24)20-41-29-17-36(32(39)28-9-4-5-11-33-28)12-10-27(29)34-30(37)18-35(3)31(23)38/h4-9,11,13-16,21,27,29H,10,12,17-20H2,1-3H3,(H,34,37)/t27-,29-/m0/s1. The number of hydrogen-bond donors (Lipinski definition) is 1. The van der Waals surface area contributed by atoms with E-state index >= 15 is 0 Å². The third-order valence-electron chi connectivity index (χ3n) is 7.11. The van der Waals surface area contributed by atoms with E-state index in [1.54, 1.807) is 54.5 Å². The minimum absolute atomic E-state index is 0.148. The third kappa shape index (κ3) is 7.25. The number of nitrogens with zero attached hydrogens (tertiary/aromatic N) is 3. The summed E-state index contributed by atoms with van der Waals surface area (Å²) in [7, 11) is 1.58. The van der Waals surface area contributed by atoms with Crippen molar-refractivity contribution in [2.75, 3.05) is 33.3 Å². The molecule has 3 aromatic rings. The fourth-order valence-electron chi connectivity index (χ4n) is 4.98. The van der Waals surface area contributed by atoms with Crippen LogP contribution in [-0.2, 0) is 16.1 Å². The first-order valence-electron chi connectivity index (χ1n) is 14.2. The molecule has 220 valence electrons. The first-order chi connectivity index (χ1) is 20.2. The average molecular weight is 573 g/mol.